The molecule has 0 spiro atoms. The number of carbonyl (C=O) groups excluding carboxylic acids is 1. The molecule has 0 bridgehead atoms. The Labute approximate surface area is 224 Å². The minimum absolute atomic E-state index is 0.0293. The van der Waals surface area contributed by atoms with Crippen molar-refractivity contribution in [2.24, 2.45) is 7.05 Å². The van der Waals surface area contributed by atoms with Crippen LogP contribution in [-0.4, -0.2) is 67.4 Å². The first kappa shape index (κ1) is 25.3. The highest BCUT2D eigenvalue weighted by Crippen LogP contribution is 2.43. The number of imidazole rings is 1. The number of nitrogens with one attached hydrogen (secondary N) is 1. The molecule has 8 nitrogen and oxygen atoms in total. The summed E-state index contributed by atoms with van der Waals surface area (Å²) in [4.78, 5) is 21.5. The Balaban J connectivity index is 1.29. The summed E-state index contributed by atoms with van der Waals surface area (Å²) in [5.74, 6) is 0.252. The maximum absolute atomic E-state index is 12.8. The Morgan fingerprint density at radius 2 is 1.89 bits per heavy atom. The molecule has 0 saturated carbocycles. The predicted molar refractivity (Wildman–Crippen MR) is 147 cm³/mol. The van der Waals surface area contributed by atoms with Crippen molar-refractivity contribution in [3.8, 4) is 0 Å². The van der Waals surface area contributed by atoms with Gasteiger partial charge in [0.15, 0.2) is 11.3 Å². The largest absolute Gasteiger partial charge is 0.369 e. The summed E-state index contributed by atoms with van der Waals surface area (Å²) in [5.41, 5.74) is 5.47. The number of likely N-dealkylation sites (tertiary alicyclic amines) is 1. The zero-order valence-corrected chi connectivity index (χ0v) is 22.6. The van der Waals surface area contributed by atoms with Gasteiger partial charge < -0.3 is 9.47 Å². The van der Waals surface area contributed by atoms with Gasteiger partial charge in [-0.25, -0.2) is 18.1 Å². The first-order valence-electron chi connectivity index (χ1n) is 13.6. The molecule has 1 N–H and O–H groups in total. The molecule has 200 valence electrons. The summed E-state index contributed by atoms with van der Waals surface area (Å²) in [5, 5.41) is 0.0293. The van der Waals surface area contributed by atoms with Crippen LogP contribution in [0.5, 0.6) is 0 Å². The van der Waals surface area contributed by atoms with E-state index >= 15 is 0 Å². The normalized spacial score (nSPS) is 23.7. The molecule has 6 rings (SSSR count). The van der Waals surface area contributed by atoms with Gasteiger partial charge in [0.1, 0.15) is 0 Å². The average molecular weight is 534 g/mol. The highest BCUT2D eigenvalue weighted by Gasteiger charge is 2.38. The minimum Gasteiger partial charge on any atom is -0.369 e. The number of aldehydes is 1. The van der Waals surface area contributed by atoms with Crippen LogP contribution in [0.25, 0.3) is 0 Å². The van der Waals surface area contributed by atoms with Crippen LogP contribution in [0.2, 0.25) is 0 Å². The van der Waals surface area contributed by atoms with Crippen LogP contribution in [0.1, 0.15) is 52.2 Å². The molecule has 2 aromatic carbocycles. The van der Waals surface area contributed by atoms with Crippen LogP contribution in [0.4, 0.5) is 5.69 Å². The molecular formula is C29H35N5O3S. The molecule has 0 unspecified atom stereocenters. The molecule has 2 saturated heterocycles. The summed E-state index contributed by atoms with van der Waals surface area (Å²) < 4.78 is 30.1. The molecule has 2 aliphatic heterocycles. The van der Waals surface area contributed by atoms with Crippen LogP contribution in [0.3, 0.4) is 0 Å². The number of fused-ring (bicyclic) bond motifs is 1. The maximum Gasteiger partial charge on any atom is 0.259 e. The Morgan fingerprint density at radius 1 is 1.08 bits per heavy atom. The van der Waals surface area contributed by atoms with E-state index in [1.54, 1.807) is 11.6 Å². The third-order valence-electron chi connectivity index (χ3n) is 8.48. The van der Waals surface area contributed by atoms with E-state index in [4.69, 9.17) is 0 Å². The number of hydrogen-bond acceptors (Lipinski definition) is 6. The van der Waals surface area contributed by atoms with Crippen molar-refractivity contribution in [3.05, 3.63) is 77.2 Å². The van der Waals surface area contributed by atoms with Crippen molar-refractivity contribution < 1.29 is 13.2 Å². The van der Waals surface area contributed by atoms with Gasteiger partial charge in [-0.2, -0.15) is 0 Å². The van der Waals surface area contributed by atoms with Gasteiger partial charge in [0.25, 0.3) is 10.0 Å². The monoisotopic (exact) mass is 533 g/mol. The Bertz CT molecular complexity index is 1420. The number of sulfonamides is 1. The van der Waals surface area contributed by atoms with Crippen molar-refractivity contribution in [3.63, 3.8) is 0 Å². The van der Waals surface area contributed by atoms with Gasteiger partial charge in [-0.3, -0.25) is 9.69 Å². The summed E-state index contributed by atoms with van der Waals surface area (Å²) in [6.45, 7) is 3.47. The highest BCUT2D eigenvalue weighted by molar-refractivity contribution is 7.89. The third-order valence-corrected chi connectivity index (χ3v) is 9.89. The lowest BCUT2D eigenvalue weighted by atomic mass is 9.73. The lowest BCUT2D eigenvalue weighted by molar-refractivity contribution is 0.0872. The van der Waals surface area contributed by atoms with Crippen molar-refractivity contribution in [1.82, 2.24) is 19.2 Å². The zero-order chi connectivity index (χ0) is 26.3. The molecule has 1 aromatic heterocycles. The van der Waals surface area contributed by atoms with Crippen LogP contribution < -0.4 is 9.62 Å². The zero-order valence-electron chi connectivity index (χ0n) is 21.8. The third kappa shape index (κ3) is 4.79. The Hall–Kier alpha value is -3.01. The number of hydrogen-bond donors (Lipinski definition) is 1. The molecule has 1 aliphatic carbocycles. The smallest absolute Gasteiger partial charge is 0.259 e. The second kappa shape index (κ2) is 10.3. The average Bonchev–Trinajstić information content (AvgIpc) is 3.53. The number of nitrogens with zero attached hydrogens (tertiary/aromatic N) is 4. The van der Waals surface area contributed by atoms with E-state index in [0.29, 0.717) is 25.6 Å². The summed E-state index contributed by atoms with van der Waals surface area (Å²) in [7, 11) is -1.95. The molecule has 3 atom stereocenters. The summed E-state index contributed by atoms with van der Waals surface area (Å²) in [6.07, 6.45) is 8.94. The van der Waals surface area contributed by atoms with Gasteiger partial charge in [0.05, 0.1) is 6.33 Å². The van der Waals surface area contributed by atoms with Gasteiger partial charge in [-0.05, 0) is 68.0 Å². The Morgan fingerprint density at radius 3 is 2.58 bits per heavy atom. The fourth-order valence-corrected chi connectivity index (χ4v) is 7.76. The van der Waals surface area contributed by atoms with Crippen molar-refractivity contribution in [1.29, 1.82) is 0 Å². The van der Waals surface area contributed by atoms with Crippen molar-refractivity contribution in [2.45, 2.75) is 55.1 Å². The number of benzene rings is 2. The second-order valence-corrected chi connectivity index (χ2v) is 12.6. The summed E-state index contributed by atoms with van der Waals surface area (Å²) >= 11 is 0. The minimum atomic E-state index is -3.70. The van der Waals surface area contributed by atoms with Crippen molar-refractivity contribution in [2.75, 3.05) is 31.1 Å². The van der Waals surface area contributed by atoms with E-state index in [1.807, 2.05) is 6.07 Å². The number of aryl methyl sites for hydroxylation is 2. The molecule has 0 radical (unpaired) electrons. The molecular weight excluding hydrogens is 498 g/mol. The van der Waals surface area contributed by atoms with Crippen LogP contribution in [-0.2, 0) is 29.9 Å². The number of rotatable bonds is 8. The van der Waals surface area contributed by atoms with Crippen LogP contribution in [0.15, 0.2) is 60.0 Å². The highest BCUT2D eigenvalue weighted by atomic mass is 32.2. The molecule has 2 fully saturated rings. The fraction of sp³-hybridized carbons (Fsp3) is 0.448. The fourth-order valence-electron chi connectivity index (χ4n) is 6.52. The first-order valence-corrected chi connectivity index (χ1v) is 15.1. The van der Waals surface area contributed by atoms with E-state index < -0.39 is 10.0 Å². The van der Waals surface area contributed by atoms with Gasteiger partial charge in [-0.15, -0.1) is 0 Å². The van der Waals surface area contributed by atoms with Crippen molar-refractivity contribution >= 4 is 22.0 Å². The molecule has 38 heavy (non-hydrogen) atoms. The topological polar surface area (TPSA) is 87.5 Å². The number of carbonyl (C=O) groups is 1. The molecule has 9 heteroatoms. The van der Waals surface area contributed by atoms with Gasteiger partial charge in [0, 0.05) is 55.6 Å². The maximum atomic E-state index is 12.8. The molecule has 0 amide bonds. The molecule has 3 aromatic rings. The van der Waals surface area contributed by atoms with Crippen LogP contribution in [0, 0.1) is 0 Å². The molecule has 3 aliphatic rings. The van der Waals surface area contributed by atoms with E-state index in [2.05, 4.69) is 55.9 Å². The van der Waals surface area contributed by atoms with Gasteiger partial charge >= 0.3 is 0 Å². The van der Waals surface area contributed by atoms with E-state index in [9.17, 15) is 13.2 Å². The summed E-state index contributed by atoms with van der Waals surface area (Å²) in [6, 6.07) is 15.1. The van der Waals surface area contributed by atoms with Gasteiger partial charge in [0.2, 0.25) is 0 Å². The number of anilines is 1. The van der Waals surface area contributed by atoms with E-state index in [0.717, 1.165) is 49.9 Å². The number of aromatic nitrogens is 2. The Kier molecular flexibility index (Phi) is 6.84. The predicted octanol–water partition coefficient (Wildman–Crippen LogP) is 3.14. The standard InChI is InChI=1S/C29H35N5O3S/c1-32-18-28(30-20-32)38(36,37)31-23-12-15-34(17-23)27-11-9-22-8-10-26(33-13-5-14-33)24(29(22)25(27)19-35)16-21-6-3-2-4-7-21/h2-4,6-7,9,11,18-20,23-24,26,31H,5,8,10,12-17H2,1H3/t23-,24+,26+/m1/s1. The second-order valence-electron chi connectivity index (χ2n) is 10.9. The van der Waals surface area contributed by atoms with E-state index in [1.165, 1.54) is 35.6 Å². The lowest BCUT2D eigenvalue weighted by Gasteiger charge is -2.46. The molecule has 3 heterocycles. The first-order chi connectivity index (χ1) is 18.4. The van der Waals surface area contributed by atoms with Gasteiger partial charge in [-0.1, -0.05) is 36.4 Å². The SMILES string of the molecule is Cn1cnc(S(=O)(=O)N[C@@H]2CCN(c3ccc4c(c3C=O)[C@@H](Cc3ccccc3)[C@@H](N3CCC3)CC4)C2)c1. The van der Waals surface area contributed by atoms with E-state index in [-0.39, 0.29) is 17.0 Å². The quantitative estimate of drug-likeness (QED) is 0.448. The lowest BCUT2D eigenvalue weighted by Crippen LogP contribution is -2.50. The van der Waals surface area contributed by atoms with Crippen LogP contribution >= 0.6 is 0 Å².